The normalized spacial score (nSPS) is 12.6. The molecule has 3 aromatic rings. The van der Waals surface area contributed by atoms with Crippen LogP contribution in [-0.2, 0) is 32.2 Å². The molecule has 0 aliphatic heterocycles. The summed E-state index contributed by atoms with van der Waals surface area (Å²) >= 11 is 6.25. The summed E-state index contributed by atoms with van der Waals surface area (Å²) in [5, 5.41) is 2.44. The van der Waals surface area contributed by atoms with E-state index in [1.807, 2.05) is 30.3 Å². The summed E-state index contributed by atoms with van der Waals surface area (Å²) in [6.45, 7) is 4.17. The maximum atomic E-state index is 13.8. The molecule has 0 saturated carbocycles. The van der Waals surface area contributed by atoms with Gasteiger partial charge in [-0.25, -0.2) is 8.42 Å². The second-order valence-corrected chi connectivity index (χ2v) is 11.9. The van der Waals surface area contributed by atoms with Crippen LogP contribution in [0, 0.1) is 0 Å². The van der Waals surface area contributed by atoms with Gasteiger partial charge >= 0.3 is 6.18 Å². The van der Waals surface area contributed by atoms with Crippen molar-refractivity contribution in [3.63, 3.8) is 0 Å². The van der Waals surface area contributed by atoms with Gasteiger partial charge in [0.15, 0.2) is 0 Å². The number of sulfonamides is 1. The number of carbonyl (C=O) groups is 2. The second kappa shape index (κ2) is 13.4. The van der Waals surface area contributed by atoms with E-state index in [0.717, 1.165) is 17.7 Å². The molecule has 1 N–H and O–H groups in total. The number of rotatable bonds is 11. The van der Waals surface area contributed by atoms with Crippen LogP contribution >= 0.6 is 11.6 Å². The highest BCUT2D eigenvalue weighted by Gasteiger charge is 2.36. The van der Waals surface area contributed by atoms with Gasteiger partial charge in [0.1, 0.15) is 12.6 Å². The Morgan fingerprint density at radius 3 is 2.07 bits per heavy atom. The van der Waals surface area contributed by atoms with E-state index in [-0.39, 0.29) is 22.5 Å². The SMILES string of the molecule is CC(C)NC(=O)[C@H](C)N(CCc1ccccc1)C(=O)CN(c1cc(C(F)(F)F)ccc1Cl)S(=O)(=O)c1ccccc1. The Hall–Kier alpha value is -3.57. The van der Waals surface area contributed by atoms with Crippen molar-refractivity contribution in [2.75, 3.05) is 17.4 Å². The van der Waals surface area contributed by atoms with Gasteiger partial charge in [0.05, 0.1) is 21.2 Å². The predicted molar refractivity (Wildman–Crippen MR) is 152 cm³/mol. The van der Waals surface area contributed by atoms with Crippen molar-refractivity contribution in [1.29, 1.82) is 0 Å². The van der Waals surface area contributed by atoms with Gasteiger partial charge in [0, 0.05) is 12.6 Å². The van der Waals surface area contributed by atoms with Crippen molar-refractivity contribution < 1.29 is 31.2 Å². The highest BCUT2D eigenvalue weighted by molar-refractivity contribution is 7.92. The third-order valence-corrected chi connectivity index (χ3v) is 8.33. The van der Waals surface area contributed by atoms with E-state index in [9.17, 15) is 31.2 Å². The Bertz CT molecular complexity index is 1450. The average molecular weight is 610 g/mol. The summed E-state index contributed by atoms with van der Waals surface area (Å²) in [7, 11) is -4.57. The molecule has 0 heterocycles. The van der Waals surface area contributed by atoms with Crippen LogP contribution in [0.15, 0.2) is 83.8 Å². The molecule has 0 bridgehead atoms. The fraction of sp³-hybridized carbons (Fsp3) is 0.310. The fourth-order valence-electron chi connectivity index (χ4n) is 4.09. The zero-order chi connectivity index (χ0) is 30.4. The Morgan fingerprint density at radius 1 is 0.927 bits per heavy atom. The lowest BCUT2D eigenvalue weighted by molar-refractivity contribution is -0.139. The molecule has 12 heteroatoms. The van der Waals surface area contributed by atoms with Gasteiger partial charge in [0.2, 0.25) is 11.8 Å². The van der Waals surface area contributed by atoms with Crippen molar-refractivity contribution in [2.24, 2.45) is 0 Å². The van der Waals surface area contributed by atoms with Crippen LogP contribution in [0.1, 0.15) is 31.9 Å². The maximum Gasteiger partial charge on any atom is 0.416 e. The van der Waals surface area contributed by atoms with Gasteiger partial charge in [-0.2, -0.15) is 13.2 Å². The maximum absolute atomic E-state index is 13.8. The zero-order valence-electron chi connectivity index (χ0n) is 22.7. The summed E-state index contributed by atoms with van der Waals surface area (Å²) in [5.74, 6) is -1.25. The summed E-state index contributed by atoms with van der Waals surface area (Å²) in [5.41, 5.74) is -0.777. The number of nitrogens with one attached hydrogen (secondary N) is 1. The number of nitrogens with zero attached hydrogens (tertiary/aromatic N) is 2. The van der Waals surface area contributed by atoms with E-state index in [4.69, 9.17) is 11.6 Å². The van der Waals surface area contributed by atoms with Gasteiger partial charge in [-0.15, -0.1) is 0 Å². The highest BCUT2D eigenvalue weighted by Crippen LogP contribution is 2.37. The number of benzene rings is 3. The molecule has 0 fully saturated rings. The number of amides is 2. The first-order valence-corrected chi connectivity index (χ1v) is 14.6. The fourth-order valence-corrected chi connectivity index (χ4v) is 5.80. The highest BCUT2D eigenvalue weighted by atomic mass is 35.5. The van der Waals surface area contributed by atoms with Gasteiger partial charge < -0.3 is 10.2 Å². The van der Waals surface area contributed by atoms with Crippen LogP contribution in [0.25, 0.3) is 0 Å². The minimum absolute atomic E-state index is 0.0467. The number of hydrogen-bond donors (Lipinski definition) is 1. The van der Waals surface area contributed by atoms with Gasteiger partial charge in [-0.1, -0.05) is 60.1 Å². The van der Waals surface area contributed by atoms with E-state index < -0.39 is 51.9 Å². The first-order valence-electron chi connectivity index (χ1n) is 12.8. The minimum atomic E-state index is -4.79. The molecule has 2 amide bonds. The Kier molecular flexibility index (Phi) is 10.4. The third kappa shape index (κ3) is 8.23. The van der Waals surface area contributed by atoms with Crippen LogP contribution in [0.3, 0.4) is 0 Å². The standard InChI is InChI=1S/C29H31ClF3N3O4S/c1-20(2)34-28(38)21(3)35(17-16-22-10-6-4-7-11-22)27(37)19-36(41(39,40)24-12-8-5-9-13-24)26-18-23(29(31,32)33)14-15-25(26)30/h4-15,18,20-21H,16-17,19H2,1-3H3,(H,34,38)/t21-/m0/s1. The number of hydrogen-bond acceptors (Lipinski definition) is 4. The molecule has 3 aromatic carbocycles. The Labute approximate surface area is 243 Å². The summed E-state index contributed by atoms with van der Waals surface area (Å²) < 4.78 is 68.9. The summed E-state index contributed by atoms with van der Waals surface area (Å²) in [6, 6.07) is 17.2. The summed E-state index contributed by atoms with van der Waals surface area (Å²) in [6.07, 6.45) is -4.45. The predicted octanol–water partition coefficient (Wildman–Crippen LogP) is 5.54. The second-order valence-electron chi connectivity index (χ2n) is 9.65. The molecule has 1 atom stereocenters. The third-order valence-electron chi connectivity index (χ3n) is 6.23. The molecule has 220 valence electrons. The zero-order valence-corrected chi connectivity index (χ0v) is 24.3. The number of anilines is 1. The molecule has 0 unspecified atom stereocenters. The molecule has 3 rings (SSSR count). The van der Waals surface area contributed by atoms with Gasteiger partial charge in [-0.05, 0) is 63.1 Å². The molecular formula is C29H31ClF3N3O4S. The van der Waals surface area contributed by atoms with E-state index in [1.165, 1.54) is 36.1 Å². The Balaban J connectivity index is 2.07. The number of carbonyl (C=O) groups excluding carboxylic acids is 2. The molecule has 7 nitrogen and oxygen atoms in total. The quantitative estimate of drug-likeness (QED) is 0.309. The molecule has 41 heavy (non-hydrogen) atoms. The molecule has 0 aromatic heterocycles. The van der Waals surface area contributed by atoms with E-state index in [2.05, 4.69) is 5.32 Å². The first kappa shape index (κ1) is 32.0. The lowest BCUT2D eigenvalue weighted by Gasteiger charge is -2.32. The van der Waals surface area contributed by atoms with E-state index in [1.54, 1.807) is 19.9 Å². The van der Waals surface area contributed by atoms with Crippen LogP contribution in [0.2, 0.25) is 5.02 Å². The van der Waals surface area contributed by atoms with Crippen molar-refractivity contribution in [2.45, 2.75) is 50.3 Å². The minimum Gasteiger partial charge on any atom is -0.352 e. The average Bonchev–Trinajstić information content (AvgIpc) is 2.92. The van der Waals surface area contributed by atoms with Gasteiger partial charge in [0.25, 0.3) is 10.0 Å². The smallest absolute Gasteiger partial charge is 0.352 e. The van der Waals surface area contributed by atoms with Crippen molar-refractivity contribution in [1.82, 2.24) is 10.2 Å². The molecule has 0 aliphatic carbocycles. The number of halogens is 4. The number of alkyl halides is 3. The van der Waals surface area contributed by atoms with Crippen LogP contribution in [-0.4, -0.2) is 50.3 Å². The molecule has 0 saturated heterocycles. The van der Waals surface area contributed by atoms with Crippen LogP contribution in [0.4, 0.5) is 18.9 Å². The van der Waals surface area contributed by atoms with Crippen LogP contribution < -0.4 is 9.62 Å². The van der Waals surface area contributed by atoms with Crippen molar-refractivity contribution in [3.8, 4) is 0 Å². The molecule has 0 radical (unpaired) electrons. The lowest BCUT2D eigenvalue weighted by Crippen LogP contribution is -2.53. The van der Waals surface area contributed by atoms with E-state index >= 15 is 0 Å². The molecule has 0 spiro atoms. The van der Waals surface area contributed by atoms with Crippen LogP contribution in [0.5, 0.6) is 0 Å². The first-order chi connectivity index (χ1) is 19.2. The topological polar surface area (TPSA) is 86.8 Å². The van der Waals surface area contributed by atoms with Crippen molar-refractivity contribution >= 4 is 39.1 Å². The monoisotopic (exact) mass is 609 g/mol. The molecular weight excluding hydrogens is 579 g/mol. The molecule has 0 aliphatic rings. The van der Waals surface area contributed by atoms with E-state index in [0.29, 0.717) is 16.8 Å². The summed E-state index contributed by atoms with van der Waals surface area (Å²) in [4.78, 5) is 27.7. The van der Waals surface area contributed by atoms with Crippen molar-refractivity contribution in [3.05, 3.63) is 95.0 Å². The lowest BCUT2D eigenvalue weighted by atomic mass is 10.1. The Morgan fingerprint density at radius 2 is 1.51 bits per heavy atom. The largest absolute Gasteiger partial charge is 0.416 e. The van der Waals surface area contributed by atoms with Gasteiger partial charge in [-0.3, -0.25) is 13.9 Å².